The molecule has 9 heteroatoms. The van der Waals surface area contributed by atoms with Gasteiger partial charge in [-0.2, -0.15) is 0 Å². The SMILES string of the molecule is FSOCc1nc2c(Cl)c(Cl)c(OCc3ccc(Oc4ccccc4)cc3)cc2[nH]1. The Hall–Kier alpha value is -2.45. The number of para-hydroxylation sites is 1. The Morgan fingerprint density at radius 3 is 2.40 bits per heavy atom. The Morgan fingerprint density at radius 1 is 0.933 bits per heavy atom. The van der Waals surface area contributed by atoms with Crippen LogP contribution in [0, 0.1) is 0 Å². The number of ether oxygens (including phenoxy) is 2. The fraction of sp³-hybridized carbons (Fsp3) is 0.0952. The Bertz CT molecular complexity index is 1140. The Kier molecular flexibility index (Phi) is 6.64. The van der Waals surface area contributed by atoms with E-state index in [0.29, 0.717) is 22.6 Å². The van der Waals surface area contributed by atoms with E-state index < -0.39 is 0 Å². The molecular weight excluding hydrogens is 450 g/mol. The third-order valence-corrected chi connectivity index (χ3v) is 5.26. The molecule has 0 amide bonds. The van der Waals surface area contributed by atoms with Crippen LogP contribution in [0.4, 0.5) is 3.89 Å². The van der Waals surface area contributed by atoms with Gasteiger partial charge in [0.2, 0.25) is 12.4 Å². The molecule has 0 bridgehead atoms. The van der Waals surface area contributed by atoms with E-state index in [9.17, 15) is 3.89 Å². The number of nitrogens with one attached hydrogen (secondary N) is 1. The standard InChI is InChI=1S/C21H15Cl2FN2O3S/c22-19-17(10-16-21(20(19)23)26-18(25-16)12-28-30-24)27-11-13-6-8-15(9-7-13)29-14-4-2-1-3-5-14/h1-10H,11-12H2,(H,25,26). The number of aromatic amines is 1. The number of hydrogen-bond donors (Lipinski definition) is 1. The van der Waals surface area contributed by atoms with Crippen molar-refractivity contribution in [2.45, 2.75) is 13.2 Å². The molecule has 4 aromatic rings. The number of hydrogen-bond acceptors (Lipinski definition) is 5. The molecule has 30 heavy (non-hydrogen) atoms. The molecule has 0 radical (unpaired) electrons. The summed E-state index contributed by atoms with van der Waals surface area (Å²) in [6, 6.07) is 18.8. The zero-order valence-electron chi connectivity index (χ0n) is 15.4. The monoisotopic (exact) mass is 464 g/mol. The van der Waals surface area contributed by atoms with Gasteiger partial charge >= 0.3 is 0 Å². The van der Waals surface area contributed by atoms with E-state index in [2.05, 4.69) is 14.2 Å². The van der Waals surface area contributed by atoms with Gasteiger partial charge in [0, 0.05) is 6.07 Å². The summed E-state index contributed by atoms with van der Waals surface area (Å²) >= 11 is 12.4. The van der Waals surface area contributed by atoms with Crippen LogP contribution >= 0.6 is 35.6 Å². The summed E-state index contributed by atoms with van der Waals surface area (Å²) in [4.78, 5) is 7.28. The summed E-state index contributed by atoms with van der Waals surface area (Å²) in [7, 11) is 0. The van der Waals surface area contributed by atoms with E-state index in [1.807, 2.05) is 54.6 Å². The third-order valence-electron chi connectivity index (χ3n) is 4.21. The molecule has 0 aliphatic carbocycles. The van der Waals surface area contributed by atoms with Crippen LogP contribution in [0.1, 0.15) is 11.4 Å². The summed E-state index contributed by atoms with van der Waals surface area (Å²) in [5.74, 6) is 2.34. The number of fused-ring (bicyclic) bond motifs is 1. The fourth-order valence-electron chi connectivity index (χ4n) is 2.81. The highest BCUT2D eigenvalue weighted by Crippen LogP contribution is 2.38. The van der Waals surface area contributed by atoms with Gasteiger partial charge in [0.1, 0.15) is 46.8 Å². The first-order valence-corrected chi connectivity index (χ1v) is 10.3. The Balaban J connectivity index is 1.45. The molecule has 0 aliphatic rings. The van der Waals surface area contributed by atoms with Gasteiger partial charge in [0.15, 0.2) is 0 Å². The van der Waals surface area contributed by atoms with Gasteiger partial charge in [-0.25, -0.2) is 4.98 Å². The van der Waals surface area contributed by atoms with Crippen molar-refractivity contribution in [3.05, 3.63) is 82.1 Å². The molecule has 0 unspecified atom stereocenters. The second-order valence-electron chi connectivity index (χ2n) is 6.26. The van der Waals surface area contributed by atoms with Gasteiger partial charge in [0.25, 0.3) is 0 Å². The van der Waals surface area contributed by atoms with Crippen LogP contribution in [0.5, 0.6) is 17.2 Å². The number of rotatable bonds is 8. The zero-order chi connectivity index (χ0) is 20.9. The number of halogens is 3. The topological polar surface area (TPSA) is 56.4 Å². The maximum Gasteiger partial charge on any atom is 0.208 e. The van der Waals surface area contributed by atoms with Gasteiger partial charge in [-0.3, -0.25) is 4.18 Å². The van der Waals surface area contributed by atoms with Crippen LogP contribution in [-0.2, 0) is 17.4 Å². The second-order valence-corrected chi connectivity index (χ2v) is 7.37. The molecule has 3 aromatic carbocycles. The lowest BCUT2D eigenvalue weighted by Crippen LogP contribution is -1.96. The molecule has 154 valence electrons. The van der Waals surface area contributed by atoms with Crippen molar-refractivity contribution in [3.63, 3.8) is 0 Å². The van der Waals surface area contributed by atoms with Crippen molar-refractivity contribution in [1.29, 1.82) is 0 Å². The summed E-state index contributed by atoms with van der Waals surface area (Å²) in [6.45, 7) is 0.257. The number of H-pyrrole nitrogens is 1. The van der Waals surface area contributed by atoms with Crippen LogP contribution in [0.15, 0.2) is 60.7 Å². The molecule has 0 fully saturated rings. The lowest BCUT2D eigenvalue weighted by atomic mass is 10.2. The fourth-order valence-corrected chi connectivity index (χ4v) is 3.40. The molecule has 0 atom stereocenters. The first-order valence-electron chi connectivity index (χ1n) is 8.85. The van der Waals surface area contributed by atoms with E-state index in [1.165, 1.54) is 0 Å². The lowest BCUT2D eigenvalue weighted by Gasteiger charge is -2.10. The van der Waals surface area contributed by atoms with Crippen LogP contribution in [0.25, 0.3) is 11.0 Å². The molecule has 0 aliphatic heterocycles. The van der Waals surface area contributed by atoms with Gasteiger partial charge in [-0.05, 0) is 29.8 Å². The normalized spacial score (nSPS) is 11.0. The predicted molar refractivity (Wildman–Crippen MR) is 117 cm³/mol. The van der Waals surface area contributed by atoms with Gasteiger partial charge in [-0.15, -0.1) is 3.89 Å². The molecule has 5 nitrogen and oxygen atoms in total. The average Bonchev–Trinajstić information content (AvgIpc) is 3.18. The number of nitrogens with zero attached hydrogens (tertiary/aromatic N) is 1. The average molecular weight is 465 g/mol. The minimum atomic E-state index is -0.229. The molecule has 1 aromatic heterocycles. The quantitative estimate of drug-likeness (QED) is 0.277. The maximum absolute atomic E-state index is 12.1. The molecule has 4 rings (SSSR count). The van der Waals surface area contributed by atoms with Crippen molar-refractivity contribution in [2.24, 2.45) is 0 Å². The van der Waals surface area contributed by atoms with Crippen LogP contribution in [0.3, 0.4) is 0 Å². The first kappa shape index (κ1) is 20.8. The summed E-state index contributed by atoms with van der Waals surface area (Å²) in [6.07, 6.45) is 0. The number of imidazole rings is 1. The molecular formula is C21H15Cl2FN2O3S. The largest absolute Gasteiger partial charge is 0.487 e. The van der Waals surface area contributed by atoms with Crippen molar-refractivity contribution in [1.82, 2.24) is 9.97 Å². The minimum Gasteiger partial charge on any atom is -0.487 e. The van der Waals surface area contributed by atoms with E-state index in [-0.39, 0.29) is 35.7 Å². The maximum atomic E-state index is 12.1. The van der Waals surface area contributed by atoms with Crippen molar-refractivity contribution >= 4 is 46.7 Å². The van der Waals surface area contributed by atoms with Gasteiger partial charge in [-0.1, -0.05) is 53.5 Å². The minimum absolute atomic E-state index is 0.0304. The van der Waals surface area contributed by atoms with Crippen LogP contribution < -0.4 is 9.47 Å². The highest BCUT2D eigenvalue weighted by molar-refractivity contribution is 7.89. The Morgan fingerprint density at radius 2 is 1.67 bits per heavy atom. The summed E-state index contributed by atoms with van der Waals surface area (Å²) in [5.41, 5.74) is 2.02. The number of aromatic nitrogens is 2. The second kappa shape index (κ2) is 9.57. The van der Waals surface area contributed by atoms with Gasteiger partial charge < -0.3 is 14.5 Å². The molecule has 0 spiro atoms. The molecule has 0 saturated heterocycles. The predicted octanol–water partition coefficient (Wildman–Crippen LogP) is 7.29. The lowest BCUT2D eigenvalue weighted by molar-refractivity contribution is 0.306. The third kappa shape index (κ3) is 4.82. The molecule has 1 heterocycles. The van der Waals surface area contributed by atoms with E-state index >= 15 is 0 Å². The highest BCUT2D eigenvalue weighted by Gasteiger charge is 2.16. The smallest absolute Gasteiger partial charge is 0.208 e. The van der Waals surface area contributed by atoms with E-state index in [1.54, 1.807) is 6.07 Å². The van der Waals surface area contributed by atoms with Crippen molar-refractivity contribution in [2.75, 3.05) is 0 Å². The van der Waals surface area contributed by atoms with E-state index in [0.717, 1.165) is 17.1 Å². The zero-order valence-corrected chi connectivity index (χ0v) is 17.7. The van der Waals surface area contributed by atoms with Crippen LogP contribution in [-0.4, -0.2) is 9.97 Å². The van der Waals surface area contributed by atoms with Crippen molar-refractivity contribution < 1.29 is 17.5 Å². The van der Waals surface area contributed by atoms with E-state index in [4.69, 9.17) is 32.7 Å². The van der Waals surface area contributed by atoms with Crippen LogP contribution in [0.2, 0.25) is 10.0 Å². The van der Waals surface area contributed by atoms with Gasteiger partial charge in [0.05, 0.1) is 10.5 Å². The first-order chi connectivity index (χ1) is 14.6. The number of benzene rings is 3. The van der Waals surface area contributed by atoms with Crippen molar-refractivity contribution in [3.8, 4) is 17.2 Å². The Labute approximate surface area is 186 Å². The molecule has 1 N–H and O–H groups in total. The summed E-state index contributed by atoms with van der Waals surface area (Å²) in [5, 5.41) is 0.512. The highest BCUT2D eigenvalue weighted by atomic mass is 35.5. The summed E-state index contributed by atoms with van der Waals surface area (Å²) < 4.78 is 28.4. The molecule has 0 saturated carbocycles.